The number of pyridine rings is 2. The molecule has 0 amide bonds. The van der Waals surface area contributed by atoms with Gasteiger partial charge in [-0.25, -0.2) is 15.0 Å². The number of rotatable bonds is 0. The summed E-state index contributed by atoms with van der Waals surface area (Å²) in [5.74, 6) is 0. The highest BCUT2D eigenvalue weighted by molar-refractivity contribution is 5.51. The van der Waals surface area contributed by atoms with Crippen LogP contribution in [0.3, 0.4) is 0 Å². The second kappa shape index (κ2) is 7.25. The molecule has 0 fully saturated rings. The number of aromatic nitrogens is 2. The van der Waals surface area contributed by atoms with Gasteiger partial charge < -0.3 is 5.01 Å². The molecule has 0 bridgehead atoms. The average Bonchev–Trinajstić information content (AvgIpc) is 2.60. The minimum atomic E-state index is 0.923. The largest absolute Gasteiger partial charge is 0.307 e. The Bertz CT molecular complexity index is 660. The summed E-state index contributed by atoms with van der Waals surface area (Å²) in [6.07, 6.45) is 6.76. The maximum absolute atomic E-state index is 4.34. The molecule has 0 saturated heterocycles. The summed E-state index contributed by atoms with van der Waals surface area (Å²) in [5, 5.41) is 8.72. The lowest BCUT2D eigenvalue weighted by molar-refractivity contribution is -0.00354. The standard InChI is InChI=1S/2C9H13N3/c1-11-6-4-8-3-5-10-7-9(8)12(11)2;1-11-6-8-4-3-5-10-9(8)7-12(11)2/h3,5,7H,4,6H2,1-2H3;3-5H,6-7H2,1-2H3. The summed E-state index contributed by atoms with van der Waals surface area (Å²) in [4.78, 5) is 8.45. The molecule has 0 saturated carbocycles. The van der Waals surface area contributed by atoms with Gasteiger partial charge in [0.25, 0.3) is 0 Å². The van der Waals surface area contributed by atoms with Gasteiger partial charge in [0, 0.05) is 53.7 Å². The lowest BCUT2D eigenvalue weighted by atomic mass is 10.1. The molecule has 2 aromatic rings. The molecule has 4 rings (SSSR count). The Kier molecular flexibility index (Phi) is 5.08. The fourth-order valence-corrected chi connectivity index (χ4v) is 3.00. The van der Waals surface area contributed by atoms with Crippen LogP contribution in [0.5, 0.6) is 0 Å². The monoisotopic (exact) mass is 326 g/mol. The topological polar surface area (TPSA) is 38.7 Å². The summed E-state index contributed by atoms with van der Waals surface area (Å²) < 4.78 is 0. The third-order valence-electron chi connectivity index (χ3n) is 4.80. The van der Waals surface area contributed by atoms with Gasteiger partial charge in [-0.1, -0.05) is 6.07 Å². The third kappa shape index (κ3) is 3.56. The lowest BCUT2D eigenvalue weighted by Gasteiger charge is -2.35. The van der Waals surface area contributed by atoms with E-state index in [9.17, 15) is 0 Å². The van der Waals surface area contributed by atoms with Crippen LogP contribution in [0.25, 0.3) is 0 Å². The minimum absolute atomic E-state index is 0.923. The average molecular weight is 326 g/mol. The Morgan fingerprint density at radius 3 is 2.50 bits per heavy atom. The molecule has 0 aliphatic carbocycles. The van der Waals surface area contributed by atoms with Crippen LogP contribution in [0, 0.1) is 0 Å². The maximum Gasteiger partial charge on any atom is 0.0734 e. The zero-order valence-corrected chi connectivity index (χ0v) is 15.0. The number of hydrogen-bond donors (Lipinski definition) is 0. The zero-order valence-electron chi connectivity index (χ0n) is 15.0. The van der Waals surface area contributed by atoms with Gasteiger partial charge in [-0.15, -0.1) is 0 Å². The predicted molar refractivity (Wildman–Crippen MR) is 96.1 cm³/mol. The molecular formula is C18H26N6. The Morgan fingerprint density at radius 1 is 0.875 bits per heavy atom. The van der Waals surface area contributed by atoms with Crippen molar-refractivity contribution in [2.24, 2.45) is 0 Å². The maximum atomic E-state index is 4.34. The number of hydrogen-bond acceptors (Lipinski definition) is 6. The predicted octanol–water partition coefficient (Wildman–Crippen LogP) is 1.79. The first-order valence-corrected chi connectivity index (χ1v) is 8.29. The van der Waals surface area contributed by atoms with E-state index in [4.69, 9.17) is 0 Å². The summed E-state index contributed by atoms with van der Waals surface area (Å²) in [7, 11) is 8.34. The Morgan fingerprint density at radius 2 is 1.67 bits per heavy atom. The van der Waals surface area contributed by atoms with Crippen LogP contribution in [0.1, 0.15) is 16.8 Å². The molecule has 0 N–H and O–H groups in total. The normalized spacial score (nSPS) is 18.4. The second-order valence-corrected chi connectivity index (χ2v) is 6.40. The van der Waals surface area contributed by atoms with Gasteiger partial charge >= 0.3 is 0 Å². The van der Waals surface area contributed by atoms with Gasteiger partial charge in [0.1, 0.15) is 0 Å². The van der Waals surface area contributed by atoms with Crippen LogP contribution in [0.4, 0.5) is 5.69 Å². The molecule has 0 atom stereocenters. The molecule has 2 aliphatic rings. The molecule has 128 valence electrons. The molecule has 2 aromatic heterocycles. The van der Waals surface area contributed by atoms with Crippen molar-refractivity contribution >= 4 is 5.69 Å². The Labute approximate surface area is 144 Å². The Hall–Kier alpha value is -2.02. The van der Waals surface area contributed by atoms with Crippen molar-refractivity contribution in [1.29, 1.82) is 0 Å². The van der Waals surface area contributed by atoms with E-state index in [-0.39, 0.29) is 0 Å². The summed E-state index contributed by atoms with van der Waals surface area (Å²) >= 11 is 0. The Balaban J connectivity index is 0.000000141. The van der Waals surface area contributed by atoms with Crippen molar-refractivity contribution in [3.63, 3.8) is 0 Å². The SMILES string of the molecule is CN1CCc2ccncc2N1C.CN1Cc2cccnc2CN1C. The molecule has 24 heavy (non-hydrogen) atoms. The number of anilines is 1. The van der Waals surface area contributed by atoms with Crippen LogP contribution in [0.15, 0.2) is 36.8 Å². The van der Waals surface area contributed by atoms with Crippen molar-refractivity contribution in [3.05, 3.63) is 53.6 Å². The molecule has 0 radical (unpaired) electrons. The van der Waals surface area contributed by atoms with Crippen molar-refractivity contribution in [1.82, 2.24) is 25.0 Å². The van der Waals surface area contributed by atoms with Crippen molar-refractivity contribution < 1.29 is 0 Å². The van der Waals surface area contributed by atoms with Crippen LogP contribution >= 0.6 is 0 Å². The number of likely N-dealkylation sites (N-methyl/N-ethyl adjacent to an activating group) is 1. The first-order chi connectivity index (χ1) is 11.6. The minimum Gasteiger partial charge on any atom is -0.307 e. The molecule has 0 unspecified atom stereocenters. The molecule has 0 spiro atoms. The summed E-state index contributed by atoms with van der Waals surface area (Å²) in [6, 6.07) is 6.24. The van der Waals surface area contributed by atoms with E-state index >= 15 is 0 Å². The van der Waals surface area contributed by atoms with Crippen LogP contribution in [-0.4, -0.2) is 59.7 Å². The van der Waals surface area contributed by atoms with Gasteiger partial charge in [-0.2, -0.15) is 0 Å². The zero-order chi connectivity index (χ0) is 17.1. The first kappa shape index (κ1) is 16.8. The van der Waals surface area contributed by atoms with Crippen molar-refractivity contribution in [2.45, 2.75) is 19.5 Å². The molecule has 4 heterocycles. The molecule has 0 aromatic carbocycles. The van der Waals surface area contributed by atoms with Gasteiger partial charge in [-0.3, -0.25) is 9.97 Å². The fraction of sp³-hybridized carbons (Fsp3) is 0.444. The van der Waals surface area contributed by atoms with E-state index in [1.807, 2.05) is 24.7 Å². The highest BCUT2D eigenvalue weighted by Crippen LogP contribution is 2.23. The number of nitrogens with zero attached hydrogens (tertiary/aromatic N) is 6. The van der Waals surface area contributed by atoms with Crippen molar-refractivity contribution in [3.8, 4) is 0 Å². The van der Waals surface area contributed by atoms with E-state index in [0.29, 0.717) is 0 Å². The highest BCUT2D eigenvalue weighted by Gasteiger charge is 2.18. The van der Waals surface area contributed by atoms with Gasteiger partial charge in [0.15, 0.2) is 0 Å². The fourth-order valence-electron chi connectivity index (χ4n) is 3.00. The second-order valence-electron chi connectivity index (χ2n) is 6.40. The molecule has 6 heteroatoms. The van der Waals surface area contributed by atoms with Crippen LogP contribution in [-0.2, 0) is 19.5 Å². The summed E-state index contributed by atoms with van der Waals surface area (Å²) in [5.41, 5.74) is 5.17. The van der Waals surface area contributed by atoms with Gasteiger partial charge in [-0.05, 0) is 29.7 Å². The molecule has 6 nitrogen and oxygen atoms in total. The van der Waals surface area contributed by atoms with E-state index < -0.39 is 0 Å². The first-order valence-electron chi connectivity index (χ1n) is 8.29. The van der Waals surface area contributed by atoms with E-state index in [0.717, 1.165) is 26.1 Å². The van der Waals surface area contributed by atoms with Crippen LogP contribution in [0.2, 0.25) is 0 Å². The smallest absolute Gasteiger partial charge is 0.0734 e. The number of fused-ring (bicyclic) bond motifs is 2. The number of hydrazine groups is 2. The van der Waals surface area contributed by atoms with Crippen LogP contribution < -0.4 is 5.01 Å². The van der Waals surface area contributed by atoms with Crippen molar-refractivity contribution in [2.75, 3.05) is 39.7 Å². The highest BCUT2D eigenvalue weighted by atomic mass is 15.6. The van der Waals surface area contributed by atoms with E-state index in [2.05, 4.69) is 70.3 Å². The van der Waals surface area contributed by atoms with E-state index in [1.165, 1.54) is 22.5 Å². The summed E-state index contributed by atoms with van der Waals surface area (Å²) in [6.45, 7) is 2.99. The quantitative estimate of drug-likeness (QED) is 0.735. The van der Waals surface area contributed by atoms with Gasteiger partial charge in [0.2, 0.25) is 0 Å². The van der Waals surface area contributed by atoms with Gasteiger partial charge in [0.05, 0.1) is 24.1 Å². The van der Waals surface area contributed by atoms with E-state index in [1.54, 1.807) is 0 Å². The molecule has 2 aliphatic heterocycles. The molecular weight excluding hydrogens is 300 g/mol. The lowest BCUT2D eigenvalue weighted by Crippen LogP contribution is -2.41. The third-order valence-corrected chi connectivity index (χ3v) is 4.80.